The molecule has 2 aromatic rings. The fourth-order valence-electron chi connectivity index (χ4n) is 3.82. The van der Waals surface area contributed by atoms with Gasteiger partial charge in [0.2, 0.25) is 0 Å². The zero-order chi connectivity index (χ0) is 22.0. The summed E-state index contributed by atoms with van der Waals surface area (Å²) in [6, 6.07) is 13.7. The lowest BCUT2D eigenvalue weighted by molar-refractivity contribution is -0.119. The molecule has 3 rings (SSSR count). The Balaban J connectivity index is 2.04. The van der Waals surface area contributed by atoms with Crippen molar-refractivity contribution in [2.24, 2.45) is 0 Å². The number of aryl methyl sites for hydroxylation is 2. The second kappa shape index (κ2) is 9.09. The molecule has 4 nitrogen and oxygen atoms in total. The summed E-state index contributed by atoms with van der Waals surface area (Å²) in [7, 11) is 0. The fraction of sp³-hybridized carbons (Fsp3) is 0.360. The lowest BCUT2D eigenvalue weighted by Gasteiger charge is -2.22. The minimum absolute atomic E-state index is 0.197. The van der Waals surface area contributed by atoms with Crippen molar-refractivity contribution in [2.75, 3.05) is 22.9 Å². The second-order valence-corrected chi connectivity index (χ2v) is 9.41. The van der Waals surface area contributed by atoms with E-state index in [-0.39, 0.29) is 17.1 Å². The zero-order valence-electron chi connectivity index (χ0n) is 18.7. The highest BCUT2D eigenvalue weighted by atomic mass is 32.2. The predicted octanol–water partition coefficient (Wildman–Crippen LogP) is 5.58. The molecule has 1 aliphatic rings. The van der Waals surface area contributed by atoms with Gasteiger partial charge in [-0.15, -0.1) is 11.8 Å². The van der Waals surface area contributed by atoms with Crippen LogP contribution in [0.2, 0.25) is 0 Å². The molecule has 0 fully saturated rings. The molecule has 0 aliphatic carbocycles. The van der Waals surface area contributed by atoms with Crippen LogP contribution >= 0.6 is 11.8 Å². The van der Waals surface area contributed by atoms with Crippen molar-refractivity contribution in [3.05, 3.63) is 64.1 Å². The maximum Gasteiger partial charge on any atom is 0.272 e. The molecule has 30 heavy (non-hydrogen) atoms. The molecule has 2 aromatic carbocycles. The molecular weight excluding hydrogens is 392 g/mol. The Morgan fingerprint density at radius 2 is 1.57 bits per heavy atom. The van der Waals surface area contributed by atoms with Gasteiger partial charge >= 0.3 is 0 Å². The smallest absolute Gasteiger partial charge is 0.272 e. The third kappa shape index (κ3) is 4.17. The van der Waals surface area contributed by atoms with E-state index in [1.54, 1.807) is 0 Å². The number of benzene rings is 2. The normalized spacial score (nSPS) is 14.3. The van der Waals surface area contributed by atoms with Crippen molar-refractivity contribution < 1.29 is 9.59 Å². The Labute approximate surface area is 184 Å². The topological polar surface area (TPSA) is 40.6 Å². The first-order chi connectivity index (χ1) is 14.3. The monoisotopic (exact) mass is 422 g/mol. The van der Waals surface area contributed by atoms with E-state index in [1.807, 2.05) is 64.1 Å². The van der Waals surface area contributed by atoms with Gasteiger partial charge in [0.25, 0.3) is 11.8 Å². The molecule has 158 valence electrons. The van der Waals surface area contributed by atoms with Crippen molar-refractivity contribution >= 4 is 40.5 Å². The van der Waals surface area contributed by atoms with Crippen molar-refractivity contribution in [3.63, 3.8) is 0 Å². The maximum atomic E-state index is 13.5. The summed E-state index contributed by atoms with van der Waals surface area (Å²) in [5.74, 6) is -0.477. The third-order valence-corrected chi connectivity index (χ3v) is 6.37. The van der Waals surface area contributed by atoms with E-state index < -0.39 is 0 Å². The Bertz CT molecular complexity index is 989. The first-order valence-corrected chi connectivity index (χ1v) is 11.4. The fourth-order valence-corrected chi connectivity index (χ4v) is 4.80. The van der Waals surface area contributed by atoms with E-state index in [0.717, 1.165) is 35.5 Å². The average Bonchev–Trinajstić information content (AvgIpc) is 2.93. The van der Waals surface area contributed by atoms with E-state index in [4.69, 9.17) is 0 Å². The van der Waals surface area contributed by atoms with E-state index in [9.17, 15) is 9.59 Å². The van der Waals surface area contributed by atoms with Crippen molar-refractivity contribution in [1.29, 1.82) is 0 Å². The van der Waals surface area contributed by atoms with Crippen LogP contribution in [0.5, 0.6) is 0 Å². The van der Waals surface area contributed by atoms with Gasteiger partial charge in [0.1, 0.15) is 0 Å². The predicted molar refractivity (Wildman–Crippen MR) is 128 cm³/mol. The van der Waals surface area contributed by atoms with Crippen LogP contribution in [0, 0.1) is 13.8 Å². The molecular formula is C25H30N2O2S. The molecule has 1 aliphatic heterocycles. The SMILES string of the molecule is CCN(CC)c1ccc(N2C(=O)C(SC(C)C)=C(c3ccc(C)cc3C)C2=O)cc1. The number of nitrogens with zero attached hydrogens (tertiary/aromatic N) is 2. The van der Waals surface area contributed by atoms with Gasteiger partial charge in [0.15, 0.2) is 0 Å². The van der Waals surface area contributed by atoms with Crippen LogP contribution in [-0.2, 0) is 9.59 Å². The molecule has 0 bridgehead atoms. The first-order valence-electron chi connectivity index (χ1n) is 10.5. The minimum Gasteiger partial charge on any atom is -0.372 e. The summed E-state index contributed by atoms with van der Waals surface area (Å²) in [6.45, 7) is 14.1. The highest BCUT2D eigenvalue weighted by Crippen LogP contribution is 2.41. The lowest BCUT2D eigenvalue weighted by atomic mass is 9.99. The molecule has 1 heterocycles. The van der Waals surface area contributed by atoms with Gasteiger partial charge in [-0.1, -0.05) is 37.6 Å². The molecule has 0 atom stereocenters. The first kappa shape index (κ1) is 22.2. The summed E-state index contributed by atoms with van der Waals surface area (Å²) in [5.41, 5.74) is 5.19. The Morgan fingerprint density at radius 1 is 0.933 bits per heavy atom. The number of anilines is 2. The van der Waals surface area contributed by atoms with Crippen LogP contribution in [0.3, 0.4) is 0 Å². The summed E-state index contributed by atoms with van der Waals surface area (Å²) in [4.78, 5) is 31.0. The standard InChI is InChI=1S/C25H30N2O2S/c1-7-26(8-2)19-10-12-20(13-11-19)27-24(28)22(23(25(27)29)30-16(3)4)21-14-9-17(5)15-18(21)6/h9-16H,7-8H2,1-6H3. The number of hydrogen-bond donors (Lipinski definition) is 0. The van der Waals surface area contributed by atoms with Crippen molar-refractivity contribution in [1.82, 2.24) is 0 Å². The maximum absolute atomic E-state index is 13.5. The molecule has 0 N–H and O–H groups in total. The van der Waals surface area contributed by atoms with Crippen LogP contribution in [0.1, 0.15) is 44.4 Å². The molecule has 0 spiro atoms. The van der Waals surface area contributed by atoms with Gasteiger partial charge in [-0.2, -0.15) is 0 Å². The van der Waals surface area contributed by atoms with Gasteiger partial charge in [-0.25, -0.2) is 4.90 Å². The largest absolute Gasteiger partial charge is 0.372 e. The zero-order valence-corrected chi connectivity index (χ0v) is 19.5. The molecule has 0 aromatic heterocycles. The van der Waals surface area contributed by atoms with Crippen LogP contribution in [0.4, 0.5) is 11.4 Å². The number of imide groups is 1. The molecule has 0 unspecified atom stereocenters. The quantitative estimate of drug-likeness (QED) is 0.547. The van der Waals surface area contributed by atoms with Gasteiger partial charge in [-0.05, 0) is 63.1 Å². The number of hydrogen-bond acceptors (Lipinski definition) is 4. The van der Waals surface area contributed by atoms with E-state index in [0.29, 0.717) is 16.2 Å². The average molecular weight is 423 g/mol. The van der Waals surface area contributed by atoms with Crippen molar-refractivity contribution in [3.8, 4) is 0 Å². The van der Waals surface area contributed by atoms with Crippen LogP contribution in [-0.4, -0.2) is 30.2 Å². The number of rotatable bonds is 7. The number of carbonyl (C=O) groups is 2. The summed E-state index contributed by atoms with van der Waals surface area (Å²) in [6.07, 6.45) is 0. The number of amides is 2. The number of thioether (sulfide) groups is 1. The Hall–Kier alpha value is -2.53. The van der Waals surface area contributed by atoms with Gasteiger partial charge in [0.05, 0.1) is 16.2 Å². The third-order valence-electron chi connectivity index (χ3n) is 5.28. The van der Waals surface area contributed by atoms with Gasteiger partial charge in [0, 0.05) is 24.0 Å². The molecule has 0 saturated carbocycles. The highest BCUT2D eigenvalue weighted by Gasteiger charge is 2.41. The van der Waals surface area contributed by atoms with Gasteiger partial charge in [-0.3, -0.25) is 9.59 Å². The Kier molecular flexibility index (Phi) is 6.71. The van der Waals surface area contributed by atoms with E-state index in [1.165, 1.54) is 16.7 Å². The van der Waals surface area contributed by atoms with E-state index >= 15 is 0 Å². The van der Waals surface area contributed by atoms with Crippen LogP contribution < -0.4 is 9.80 Å². The van der Waals surface area contributed by atoms with Crippen LogP contribution in [0.25, 0.3) is 5.57 Å². The second-order valence-electron chi connectivity index (χ2n) is 7.82. The van der Waals surface area contributed by atoms with Gasteiger partial charge < -0.3 is 4.90 Å². The lowest BCUT2D eigenvalue weighted by Crippen LogP contribution is -2.31. The van der Waals surface area contributed by atoms with Crippen LogP contribution in [0.15, 0.2) is 47.4 Å². The van der Waals surface area contributed by atoms with E-state index in [2.05, 4.69) is 24.8 Å². The molecule has 0 saturated heterocycles. The summed E-state index contributed by atoms with van der Waals surface area (Å²) < 4.78 is 0. The molecule has 5 heteroatoms. The highest BCUT2D eigenvalue weighted by molar-refractivity contribution is 8.04. The summed E-state index contributed by atoms with van der Waals surface area (Å²) >= 11 is 1.46. The Morgan fingerprint density at radius 3 is 2.10 bits per heavy atom. The number of carbonyl (C=O) groups excluding carboxylic acids is 2. The van der Waals surface area contributed by atoms with Crippen molar-refractivity contribution in [2.45, 2.75) is 46.8 Å². The molecule has 2 amide bonds. The summed E-state index contributed by atoms with van der Waals surface area (Å²) in [5, 5.41) is 0.197. The minimum atomic E-state index is -0.245. The molecule has 0 radical (unpaired) electrons.